The van der Waals surface area contributed by atoms with Crippen molar-refractivity contribution in [1.82, 2.24) is 73.1 Å². The maximum Gasteiger partial charge on any atom is 0.250 e. The van der Waals surface area contributed by atoms with Crippen molar-refractivity contribution in [3.63, 3.8) is 0 Å². The molecule has 2 amide bonds. The number of alkyl halides is 3. The zero-order chi connectivity index (χ0) is 91.9. The van der Waals surface area contributed by atoms with Crippen LogP contribution in [0.4, 0.5) is 13.2 Å². The Bertz CT molecular complexity index is 2810. The van der Waals surface area contributed by atoms with Crippen LogP contribution in [0.1, 0.15) is 296 Å². The smallest absolute Gasteiger partial charge is 0.250 e. The second kappa shape index (κ2) is 62.9. The number of hydrogen-bond donors (Lipinski definition) is 2. The van der Waals surface area contributed by atoms with E-state index in [-0.39, 0.29) is 30.7 Å². The summed E-state index contributed by atoms with van der Waals surface area (Å²) in [5.41, 5.74) is 0. The molecule has 2 N–H and O–H groups in total. The minimum Gasteiger partial charge on any atom is -0.379 e. The Morgan fingerprint density at radius 3 is 1.02 bits per heavy atom. The third-order valence-electron chi connectivity index (χ3n) is 25.6. The summed E-state index contributed by atoms with van der Waals surface area (Å²) in [5.74, 6) is -1.12. The molecule has 2 atom stereocenters. The third kappa shape index (κ3) is 54.7. The number of ether oxygens (including phenoxy) is 1. The average molecular weight is 1770 g/mol. The van der Waals surface area contributed by atoms with Crippen LogP contribution in [0, 0.1) is 5.92 Å². The van der Waals surface area contributed by atoms with Crippen molar-refractivity contribution in [2.75, 3.05) is 189 Å². The van der Waals surface area contributed by atoms with E-state index in [0.717, 1.165) is 180 Å². The van der Waals surface area contributed by atoms with E-state index < -0.39 is 32.1 Å². The summed E-state index contributed by atoms with van der Waals surface area (Å²) in [6, 6.07) is 8.32. The van der Waals surface area contributed by atoms with E-state index in [9.17, 15) is 44.4 Å². The number of halogens is 3. The van der Waals surface area contributed by atoms with Gasteiger partial charge in [-0.2, -0.15) is 4.31 Å². The van der Waals surface area contributed by atoms with Gasteiger partial charge in [-0.1, -0.05) is 12.8 Å². The summed E-state index contributed by atoms with van der Waals surface area (Å²) < 4.78 is 91.6. The Hall–Kier alpha value is -2.26. The van der Waals surface area contributed by atoms with Gasteiger partial charge >= 0.3 is 0 Å². The van der Waals surface area contributed by atoms with E-state index in [1.807, 2.05) is 18.7 Å². The van der Waals surface area contributed by atoms with E-state index in [1.54, 1.807) is 25.1 Å². The Labute approximate surface area is 743 Å². The molecule has 0 spiro atoms. The monoisotopic (exact) mass is 1770 g/mol. The van der Waals surface area contributed by atoms with Crippen molar-refractivity contribution < 1.29 is 49.1 Å². The van der Waals surface area contributed by atoms with Gasteiger partial charge in [0.15, 0.2) is 0 Å². The summed E-state index contributed by atoms with van der Waals surface area (Å²) in [6.45, 7) is 82.7. The van der Waals surface area contributed by atoms with Crippen LogP contribution in [-0.4, -0.2) is 384 Å². The van der Waals surface area contributed by atoms with Gasteiger partial charge in [-0.15, -0.1) is 0 Å². The van der Waals surface area contributed by atoms with Gasteiger partial charge in [0, 0.05) is 229 Å². The van der Waals surface area contributed by atoms with Crippen LogP contribution in [0.2, 0.25) is 0 Å². The molecule has 0 aromatic carbocycles. The van der Waals surface area contributed by atoms with E-state index >= 15 is 0 Å². The first kappa shape index (κ1) is 117. The van der Waals surface area contributed by atoms with E-state index in [2.05, 4.69) is 209 Å². The highest BCUT2D eigenvalue weighted by molar-refractivity contribution is 7.88. The van der Waals surface area contributed by atoms with E-state index in [1.165, 1.54) is 110 Å². The second-order valence-electron chi connectivity index (χ2n) is 39.2. The lowest BCUT2D eigenvalue weighted by Gasteiger charge is -2.36. The van der Waals surface area contributed by atoms with Crippen LogP contribution >= 0.6 is 0 Å². The molecule has 720 valence electrons. The van der Waals surface area contributed by atoms with Crippen molar-refractivity contribution in [3.05, 3.63) is 0 Å². The van der Waals surface area contributed by atoms with Crippen LogP contribution in [0.25, 0.3) is 0 Å². The van der Waals surface area contributed by atoms with Crippen molar-refractivity contribution >= 4 is 37.6 Å². The van der Waals surface area contributed by atoms with Crippen molar-refractivity contribution in [2.24, 2.45) is 5.92 Å². The number of rotatable bonds is 17. The number of carbonyl (C=O) groups excluding carboxylic acids is 3. The molecule has 0 bridgehead atoms. The quantitative estimate of drug-likeness (QED) is 0.139. The standard InChI is InChI=1S/C10H20N2O.C10H19NO.C9H20N2O2S.C9H18N2O.C9H19N.C8H15F2N.C8H16FN.C8H18N2O2S.C8H17N.C7H15NO.C7H15N/c1-8(2)12-6-4-10(5-7-12)11-9(3)13;1-8(2)11-5-4-10(7-11)6-9(3)12;1-8(2)11-6-4-9(5-7-11)10-14(3,12)13;1-8(2)10-4-6-11(7-5-10)9(3)12;1-8(2)10-7-5-4-6-9(10)3;1-7(2)11-5-3-8(9,10)4-6-11;1-7(2)10-5-3-8(9)4-6-10;1-8(2)9-4-6-10(7-5-9)13(3,11)12;1-8(2)9-6-4-3-5-7-9;1-7(2)8-3-5-9-6-4-8;1-7(2)8-5-3-4-6-8/h8,10H,4-7H2,1-3H3,(H,11,13);8,10H,4-7H2,1-3H3;8-10H,4-7H2,1-3H3;8H,4-7H2,1-3H3;8-9H,4-7H2,1-3H3;7H,3-6H2,1-2H3;7-8H,3-6H2,1-2H3;8H,4-7H2,1-3H3;8H,3-7H2,1-2H3;7H,3-6H2,1-2H3;7H,3-6H2,1-2H3. The zero-order valence-electron chi connectivity index (χ0n) is 83.1. The molecule has 11 heterocycles. The number of nitrogens with one attached hydrogen (secondary N) is 2. The molecular formula is C93H192F3N15O8S2. The van der Waals surface area contributed by atoms with Gasteiger partial charge in [-0.25, -0.2) is 34.7 Å². The minimum atomic E-state index is -3.03. The summed E-state index contributed by atoms with van der Waals surface area (Å²) in [6.07, 6.45) is 20.9. The summed E-state index contributed by atoms with van der Waals surface area (Å²) in [4.78, 5) is 61.1. The third-order valence-corrected chi connectivity index (χ3v) is 27.7. The topological polar surface area (TPSA) is 195 Å². The first-order valence-electron chi connectivity index (χ1n) is 48.1. The van der Waals surface area contributed by atoms with E-state index in [0.29, 0.717) is 92.3 Å². The molecule has 0 aromatic rings. The number of carbonyl (C=O) groups is 3. The predicted molar refractivity (Wildman–Crippen MR) is 504 cm³/mol. The van der Waals surface area contributed by atoms with Crippen molar-refractivity contribution in [2.45, 2.75) is 392 Å². The molecule has 11 aliphatic rings. The molecule has 11 fully saturated rings. The fraction of sp³-hybridized carbons (Fsp3) is 0.968. The van der Waals surface area contributed by atoms with E-state index in [4.69, 9.17) is 4.74 Å². The van der Waals surface area contributed by atoms with Gasteiger partial charge in [0.05, 0.1) is 25.7 Å². The average Bonchev–Trinajstić information content (AvgIpc) is 1.58. The van der Waals surface area contributed by atoms with Gasteiger partial charge < -0.3 is 54.0 Å². The first-order valence-corrected chi connectivity index (χ1v) is 51.9. The van der Waals surface area contributed by atoms with Crippen molar-refractivity contribution in [3.8, 4) is 0 Å². The minimum absolute atomic E-state index is 0.0329. The molecule has 0 saturated carbocycles. The number of Topliss-reactive ketones (excluding diaryl/α,β-unsaturated/α-hetero) is 1. The number of likely N-dealkylation sites (tertiary alicyclic amines) is 8. The number of piperidine rings is 6. The Balaban J connectivity index is 0.000000668. The molecule has 11 rings (SSSR count). The number of sulfonamides is 2. The number of morpholine rings is 1. The fourth-order valence-corrected chi connectivity index (χ4v) is 18.8. The van der Waals surface area contributed by atoms with Gasteiger partial charge in [0.25, 0.3) is 5.92 Å². The zero-order valence-corrected chi connectivity index (χ0v) is 84.7. The molecule has 23 nitrogen and oxygen atoms in total. The summed E-state index contributed by atoms with van der Waals surface area (Å²) in [7, 11) is -6.00. The van der Waals surface area contributed by atoms with Gasteiger partial charge in [0.2, 0.25) is 31.9 Å². The molecule has 28 heteroatoms. The normalized spacial score (nSPS) is 23.3. The number of amides is 2. The highest BCUT2D eigenvalue weighted by Crippen LogP contribution is 2.29. The van der Waals surface area contributed by atoms with Crippen LogP contribution in [-0.2, 0) is 39.2 Å². The predicted octanol–water partition coefficient (Wildman–Crippen LogP) is 14.0. The molecule has 0 aliphatic carbocycles. The SMILES string of the molecule is CC(=O)CC1CCN(C(C)C)C1.CC(=O)N1CCN(C(C)C)CC1.CC(=O)NC1CCN(C(C)C)CC1.CC(C)N1CCC(F)(F)CC1.CC(C)N1CCC(F)CC1.CC(C)N1CCC(NS(C)(=O)=O)CC1.CC(C)N1CCCC1.CC(C)N1CCCCC1.CC(C)N1CCCCC1C.CC(C)N1CCN(S(C)(=O)=O)CC1.CC(C)N1CCOCC1. The van der Waals surface area contributed by atoms with Gasteiger partial charge in [-0.3, -0.25) is 29.2 Å². The Kier molecular flexibility index (Phi) is 60.7. The second-order valence-corrected chi connectivity index (χ2v) is 43.0. The van der Waals surface area contributed by atoms with Crippen LogP contribution in [0.15, 0.2) is 0 Å². The maximum absolute atomic E-state index is 12.6. The van der Waals surface area contributed by atoms with Crippen LogP contribution < -0.4 is 10.0 Å². The Morgan fingerprint density at radius 2 is 0.711 bits per heavy atom. The van der Waals surface area contributed by atoms with Crippen molar-refractivity contribution in [1.29, 1.82) is 0 Å². The molecule has 11 saturated heterocycles. The first-order chi connectivity index (χ1) is 56.4. The largest absolute Gasteiger partial charge is 0.379 e. The van der Waals surface area contributed by atoms with Gasteiger partial charge in [-0.05, 0) is 308 Å². The lowest BCUT2D eigenvalue weighted by atomic mass is 10.0. The lowest BCUT2D eigenvalue weighted by molar-refractivity contribution is -0.130. The highest BCUT2D eigenvalue weighted by Gasteiger charge is 2.35. The number of hydrogen-bond acceptors (Lipinski definition) is 19. The highest BCUT2D eigenvalue weighted by atomic mass is 32.2. The number of ketones is 1. The summed E-state index contributed by atoms with van der Waals surface area (Å²) in [5, 5.41) is 2.98. The lowest BCUT2D eigenvalue weighted by Crippen LogP contribution is -2.50. The number of piperazine rings is 2. The summed E-state index contributed by atoms with van der Waals surface area (Å²) >= 11 is 0. The molecule has 121 heavy (non-hydrogen) atoms. The van der Waals surface area contributed by atoms with Crippen LogP contribution in [0.3, 0.4) is 0 Å². The Morgan fingerprint density at radius 1 is 0.380 bits per heavy atom. The number of nitrogens with zero attached hydrogens (tertiary/aromatic N) is 13. The van der Waals surface area contributed by atoms with Crippen LogP contribution in [0.5, 0.6) is 0 Å². The molecular weight excluding hydrogens is 1580 g/mol. The fourth-order valence-electron chi connectivity index (χ4n) is 17.1. The van der Waals surface area contributed by atoms with Gasteiger partial charge in [0.1, 0.15) is 12.0 Å². The molecule has 0 radical (unpaired) electrons. The molecule has 0 aromatic heterocycles. The molecule has 2 unspecified atom stereocenters. The molecule has 11 aliphatic heterocycles. The maximum atomic E-state index is 12.6.